The molecule has 2 rings (SSSR count). The first kappa shape index (κ1) is 15.1. The van der Waals surface area contributed by atoms with Gasteiger partial charge in [0.15, 0.2) is 11.5 Å². The van der Waals surface area contributed by atoms with Crippen LogP contribution in [0.5, 0.6) is 11.5 Å². The zero-order valence-electron chi connectivity index (χ0n) is 12.6. The fraction of sp³-hybridized carbons (Fsp3) is 0.625. The summed E-state index contributed by atoms with van der Waals surface area (Å²) >= 11 is 0. The average Bonchev–Trinajstić information content (AvgIpc) is 3.23. The maximum Gasteiger partial charge on any atom is 0.163 e. The van der Waals surface area contributed by atoms with Crippen molar-refractivity contribution >= 4 is 0 Å². The molecule has 0 aromatic heterocycles. The van der Waals surface area contributed by atoms with Crippen molar-refractivity contribution in [1.82, 2.24) is 0 Å². The van der Waals surface area contributed by atoms with Gasteiger partial charge < -0.3 is 14.2 Å². The van der Waals surface area contributed by atoms with Gasteiger partial charge in [-0.05, 0) is 36.8 Å². The number of methoxy groups -OCH3 is 2. The van der Waals surface area contributed by atoms with E-state index in [2.05, 4.69) is 13.8 Å². The second kappa shape index (κ2) is 6.44. The Bertz CT molecular complexity index is 461. The fourth-order valence-corrected chi connectivity index (χ4v) is 2.72. The highest BCUT2D eigenvalue weighted by Gasteiger charge is 2.38. The van der Waals surface area contributed by atoms with Gasteiger partial charge in [0.25, 0.3) is 0 Å². The molecule has 1 aliphatic heterocycles. The Morgan fingerprint density at radius 2 is 1.80 bits per heavy atom. The van der Waals surface area contributed by atoms with E-state index in [0.717, 1.165) is 19.3 Å². The zero-order valence-corrected chi connectivity index (χ0v) is 12.6. The predicted octanol–water partition coefficient (Wildman–Crippen LogP) is 3.90. The Morgan fingerprint density at radius 1 is 1.15 bits per heavy atom. The molecule has 1 aromatic rings. The number of ether oxygens (including phenoxy) is 3. The molecular formula is C16H23FO3. The molecule has 0 radical (unpaired) electrons. The van der Waals surface area contributed by atoms with Crippen LogP contribution in [-0.2, 0) is 4.74 Å². The summed E-state index contributed by atoms with van der Waals surface area (Å²) < 4.78 is 30.2. The number of epoxide rings is 1. The number of rotatable bonds is 7. The second-order valence-electron chi connectivity index (χ2n) is 5.19. The Labute approximate surface area is 120 Å². The van der Waals surface area contributed by atoms with E-state index in [1.807, 2.05) is 0 Å². The molecule has 0 amide bonds. The van der Waals surface area contributed by atoms with Gasteiger partial charge in [-0.2, -0.15) is 0 Å². The fourth-order valence-electron chi connectivity index (χ4n) is 2.72. The Morgan fingerprint density at radius 3 is 2.30 bits per heavy atom. The summed E-state index contributed by atoms with van der Waals surface area (Å²) in [5, 5.41) is 0. The van der Waals surface area contributed by atoms with Crippen molar-refractivity contribution in [3.63, 3.8) is 0 Å². The van der Waals surface area contributed by atoms with Crippen LogP contribution in [0.25, 0.3) is 0 Å². The first-order valence-corrected chi connectivity index (χ1v) is 7.21. The third-order valence-electron chi connectivity index (χ3n) is 4.04. The van der Waals surface area contributed by atoms with E-state index in [9.17, 15) is 4.39 Å². The minimum atomic E-state index is -0.233. The zero-order chi connectivity index (χ0) is 14.7. The van der Waals surface area contributed by atoms with Gasteiger partial charge in [-0.25, -0.2) is 4.39 Å². The Balaban J connectivity index is 2.20. The van der Waals surface area contributed by atoms with E-state index < -0.39 is 0 Å². The number of hydrogen-bond acceptors (Lipinski definition) is 3. The molecule has 3 unspecified atom stereocenters. The molecular weight excluding hydrogens is 259 g/mol. The van der Waals surface area contributed by atoms with Gasteiger partial charge in [-0.15, -0.1) is 0 Å². The van der Waals surface area contributed by atoms with E-state index in [4.69, 9.17) is 14.2 Å². The van der Waals surface area contributed by atoms with E-state index >= 15 is 0 Å². The van der Waals surface area contributed by atoms with Crippen LogP contribution in [0.3, 0.4) is 0 Å². The molecule has 0 bridgehead atoms. The van der Waals surface area contributed by atoms with Gasteiger partial charge in [0.05, 0.1) is 26.4 Å². The molecule has 3 atom stereocenters. The normalized spacial score (nSPS) is 22.4. The predicted molar refractivity (Wildman–Crippen MR) is 76.1 cm³/mol. The molecule has 1 heterocycles. The summed E-state index contributed by atoms with van der Waals surface area (Å²) in [7, 11) is 3.08. The maximum absolute atomic E-state index is 14.3. The highest BCUT2D eigenvalue weighted by atomic mass is 19.1. The molecule has 1 aromatic carbocycles. The molecule has 1 aliphatic rings. The third-order valence-corrected chi connectivity index (χ3v) is 4.04. The van der Waals surface area contributed by atoms with Crippen molar-refractivity contribution in [2.75, 3.05) is 14.2 Å². The average molecular weight is 282 g/mol. The van der Waals surface area contributed by atoms with Crippen LogP contribution in [0.15, 0.2) is 12.1 Å². The quantitative estimate of drug-likeness (QED) is 0.711. The first-order chi connectivity index (χ1) is 9.64. The van der Waals surface area contributed by atoms with Gasteiger partial charge in [-0.3, -0.25) is 0 Å². The van der Waals surface area contributed by atoms with Crippen LogP contribution in [0.2, 0.25) is 0 Å². The topological polar surface area (TPSA) is 31.0 Å². The van der Waals surface area contributed by atoms with E-state index in [1.165, 1.54) is 13.2 Å². The van der Waals surface area contributed by atoms with Gasteiger partial charge in [0, 0.05) is 6.07 Å². The van der Waals surface area contributed by atoms with Crippen LogP contribution < -0.4 is 9.47 Å². The SMILES string of the molecule is CCC(CC1OC1CC)c1cc(OC)c(OC)cc1F. The lowest BCUT2D eigenvalue weighted by Gasteiger charge is -2.17. The molecule has 0 N–H and O–H groups in total. The lowest BCUT2D eigenvalue weighted by Crippen LogP contribution is -2.07. The van der Waals surface area contributed by atoms with Crippen molar-refractivity contribution in [3.05, 3.63) is 23.5 Å². The molecule has 0 saturated carbocycles. The van der Waals surface area contributed by atoms with Crippen LogP contribution in [-0.4, -0.2) is 26.4 Å². The number of hydrogen-bond donors (Lipinski definition) is 0. The maximum atomic E-state index is 14.3. The van der Waals surface area contributed by atoms with Crippen LogP contribution in [0.1, 0.15) is 44.6 Å². The minimum absolute atomic E-state index is 0.149. The molecule has 3 nitrogen and oxygen atoms in total. The third kappa shape index (κ3) is 3.06. The summed E-state index contributed by atoms with van der Waals surface area (Å²) in [6.07, 6.45) is 3.39. The van der Waals surface area contributed by atoms with Crippen molar-refractivity contribution in [2.45, 2.75) is 51.2 Å². The van der Waals surface area contributed by atoms with Crippen molar-refractivity contribution in [3.8, 4) is 11.5 Å². The second-order valence-corrected chi connectivity index (χ2v) is 5.19. The number of halogens is 1. The summed E-state index contributed by atoms with van der Waals surface area (Å²) in [6, 6.07) is 3.16. The van der Waals surface area contributed by atoms with E-state index in [0.29, 0.717) is 23.2 Å². The van der Waals surface area contributed by atoms with Crippen molar-refractivity contribution in [2.24, 2.45) is 0 Å². The first-order valence-electron chi connectivity index (χ1n) is 7.21. The summed E-state index contributed by atoms with van der Waals surface area (Å²) in [4.78, 5) is 0. The minimum Gasteiger partial charge on any atom is -0.493 e. The van der Waals surface area contributed by atoms with Crippen LogP contribution in [0, 0.1) is 5.82 Å². The molecule has 0 aliphatic carbocycles. The lowest BCUT2D eigenvalue weighted by molar-refractivity contribution is 0.342. The summed E-state index contributed by atoms with van der Waals surface area (Å²) in [5.41, 5.74) is 0.690. The largest absolute Gasteiger partial charge is 0.493 e. The van der Waals surface area contributed by atoms with E-state index in [1.54, 1.807) is 13.2 Å². The molecule has 1 saturated heterocycles. The van der Waals surface area contributed by atoms with Gasteiger partial charge in [0.1, 0.15) is 5.82 Å². The van der Waals surface area contributed by atoms with Crippen LogP contribution in [0.4, 0.5) is 4.39 Å². The molecule has 1 fully saturated rings. The summed E-state index contributed by atoms with van der Waals surface area (Å²) in [6.45, 7) is 4.19. The van der Waals surface area contributed by atoms with Crippen molar-refractivity contribution < 1.29 is 18.6 Å². The molecule has 4 heteroatoms. The van der Waals surface area contributed by atoms with E-state index in [-0.39, 0.29) is 17.8 Å². The smallest absolute Gasteiger partial charge is 0.163 e. The molecule has 0 spiro atoms. The Hall–Kier alpha value is -1.29. The van der Waals surface area contributed by atoms with Gasteiger partial charge in [-0.1, -0.05) is 13.8 Å². The molecule has 20 heavy (non-hydrogen) atoms. The highest BCUT2D eigenvalue weighted by Crippen LogP contribution is 2.40. The van der Waals surface area contributed by atoms with Gasteiger partial charge >= 0.3 is 0 Å². The monoisotopic (exact) mass is 282 g/mol. The molecule has 112 valence electrons. The lowest BCUT2D eigenvalue weighted by atomic mass is 9.90. The van der Waals surface area contributed by atoms with Gasteiger partial charge in [0.2, 0.25) is 0 Å². The summed E-state index contributed by atoms with van der Waals surface area (Å²) in [5.74, 6) is 0.920. The highest BCUT2D eigenvalue weighted by molar-refractivity contribution is 5.45. The Kier molecular flexibility index (Phi) is 4.86. The number of benzene rings is 1. The van der Waals surface area contributed by atoms with Crippen LogP contribution >= 0.6 is 0 Å². The standard InChI is InChI=1S/C16H23FO3/c1-5-10(7-16-13(6-2)20-16)11-8-14(18-3)15(19-4)9-12(11)17/h8-10,13,16H,5-7H2,1-4H3. The van der Waals surface area contributed by atoms with Crippen molar-refractivity contribution in [1.29, 1.82) is 0 Å².